The lowest BCUT2D eigenvalue weighted by molar-refractivity contribution is -0.164. The van der Waals surface area contributed by atoms with Crippen LogP contribution in [0.5, 0.6) is 0 Å². The predicted octanol–water partition coefficient (Wildman–Crippen LogP) is 3.11. The van der Waals surface area contributed by atoms with Crippen molar-refractivity contribution < 1.29 is 14.3 Å². The first-order valence-electron chi connectivity index (χ1n) is 7.44. The molecule has 1 aliphatic heterocycles. The molecule has 0 aromatic heterocycles. The number of thioether (sulfide) groups is 1. The van der Waals surface area contributed by atoms with Gasteiger partial charge >= 0.3 is 5.97 Å². The van der Waals surface area contributed by atoms with E-state index in [2.05, 4.69) is 32.5 Å². The van der Waals surface area contributed by atoms with Gasteiger partial charge in [0.1, 0.15) is 6.10 Å². The fourth-order valence-corrected chi connectivity index (χ4v) is 3.99. The third-order valence-corrected chi connectivity index (χ3v) is 5.38. The second kappa shape index (κ2) is 6.94. The summed E-state index contributed by atoms with van der Waals surface area (Å²) >= 11 is 1.45. The number of rotatable bonds is 4. The van der Waals surface area contributed by atoms with E-state index in [1.165, 1.54) is 18.2 Å². The van der Waals surface area contributed by atoms with E-state index in [4.69, 9.17) is 9.47 Å². The fourth-order valence-electron chi connectivity index (χ4n) is 3.07. The summed E-state index contributed by atoms with van der Waals surface area (Å²) in [4.78, 5) is 16.0. The summed E-state index contributed by atoms with van der Waals surface area (Å²) in [5.41, 5.74) is -0.532. The minimum Gasteiger partial charge on any atom is -0.459 e. The van der Waals surface area contributed by atoms with Crippen molar-refractivity contribution in [3.8, 4) is 0 Å². The van der Waals surface area contributed by atoms with E-state index in [9.17, 15) is 4.79 Å². The van der Waals surface area contributed by atoms with E-state index < -0.39 is 5.44 Å². The Morgan fingerprint density at radius 1 is 1.45 bits per heavy atom. The van der Waals surface area contributed by atoms with Crippen LogP contribution in [0.4, 0.5) is 0 Å². The Morgan fingerprint density at radius 2 is 2.20 bits per heavy atom. The van der Waals surface area contributed by atoms with Gasteiger partial charge in [0.05, 0.1) is 0 Å². The average Bonchev–Trinajstić information content (AvgIpc) is 2.87. The van der Waals surface area contributed by atoms with Crippen molar-refractivity contribution in [1.29, 1.82) is 0 Å². The van der Waals surface area contributed by atoms with Gasteiger partial charge in [-0.1, -0.05) is 27.2 Å². The zero-order valence-electron chi connectivity index (χ0n) is 12.6. The van der Waals surface area contributed by atoms with Gasteiger partial charge in [-0.3, -0.25) is 4.99 Å². The van der Waals surface area contributed by atoms with Crippen LogP contribution in [0.1, 0.15) is 40.0 Å². The maximum Gasteiger partial charge on any atom is 0.346 e. The number of carbonyl (C=O) groups is 1. The molecule has 2 fully saturated rings. The molecular formula is C15H25NO3S. The quantitative estimate of drug-likeness (QED) is 0.591. The maximum atomic E-state index is 12.2. The summed E-state index contributed by atoms with van der Waals surface area (Å²) in [7, 11) is 0. The van der Waals surface area contributed by atoms with E-state index in [0.717, 1.165) is 12.8 Å². The fraction of sp³-hybridized carbons (Fsp3) is 0.867. The summed E-state index contributed by atoms with van der Waals surface area (Å²) in [6.45, 7) is 10.1. The zero-order chi connectivity index (χ0) is 14.7. The maximum absolute atomic E-state index is 12.2. The van der Waals surface area contributed by atoms with E-state index in [0.29, 0.717) is 23.5 Å². The molecule has 114 valence electrons. The first-order valence-corrected chi connectivity index (χ1v) is 8.49. The average molecular weight is 299 g/mol. The Labute approximate surface area is 125 Å². The third-order valence-electron chi connectivity index (χ3n) is 4.30. The van der Waals surface area contributed by atoms with Gasteiger partial charge in [-0.25, -0.2) is 4.79 Å². The minimum atomic E-state index is -0.532. The molecule has 2 unspecified atom stereocenters. The second-order valence-electron chi connectivity index (χ2n) is 6.24. The molecule has 20 heavy (non-hydrogen) atoms. The second-order valence-corrected chi connectivity index (χ2v) is 7.33. The summed E-state index contributed by atoms with van der Waals surface area (Å²) < 4.78 is 11.3. The van der Waals surface area contributed by atoms with Crippen LogP contribution >= 0.6 is 11.8 Å². The number of aliphatic imine (C=N–C) groups is 1. The number of hydrogen-bond acceptors (Lipinski definition) is 5. The highest BCUT2D eigenvalue weighted by Crippen LogP contribution is 2.36. The van der Waals surface area contributed by atoms with Gasteiger partial charge in [0, 0.05) is 5.75 Å². The highest BCUT2D eigenvalue weighted by atomic mass is 32.2. The van der Waals surface area contributed by atoms with Crippen LogP contribution < -0.4 is 0 Å². The van der Waals surface area contributed by atoms with Crippen molar-refractivity contribution in [2.45, 2.75) is 57.8 Å². The van der Waals surface area contributed by atoms with Gasteiger partial charge in [-0.05, 0) is 37.3 Å². The van der Waals surface area contributed by atoms with Gasteiger partial charge < -0.3 is 9.47 Å². The van der Waals surface area contributed by atoms with E-state index in [1.807, 2.05) is 0 Å². The molecule has 4 nitrogen and oxygen atoms in total. The van der Waals surface area contributed by atoms with Crippen molar-refractivity contribution in [1.82, 2.24) is 0 Å². The standard InChI is InChI=1S/C15H25NO3S/c1-9(2)11-6-5-10(3)7-12(11)18-14(17)15-19-13(16-4)8-20-15/h9-13,15H,4-8H2,1-3H3/t10-,11+,12-,13?,15?/m1/s1. The lowest BCUT2D eigenvalue weighted by Crippen LogP contribution is -2.38. The van der Waals surface area contributed by atoms with Crippen LogP contribution in [-0.2, 0) is 14.3 Å². The first kappa shape index (κ1) is 15.8. The molecule has 2 rings (SSSR count). The molecule has 0 bridgehead atoms. The normalized spacial score (nSPS) is 37.9. The molecule has 1 heterocycles. The molecule has 0 radical (unpaired) electrons. The monoisotopic (exact) mass is 299 g/mol. The molecule has 0 amide bonds. The molecular weight excluding hydrogens is 274 g/mol. The van der Waals surface area contributed by atoms with Gasteiger partial charge in [0.2, 0.25) is 5.44 Å². The van der Waals surface area contributed by atoms with E-state index in [1.54, 1.807) is 0 Å². The molecule has 5 heteroatoms. The largest absolute Gasteiger partial charge is 0.459 e. The summed E-state index contributed by atoms with van der Waals surface area (Å²) in [5.74, 6) is 2.07. The van der Waals surface area contributed by atoms with Gasteiger partial charge in [-0.15, -0.1) is 11.8 Å². The zero-order valence-corrected chi connectivity index (χ0v) is 13.4. The molecule has 0 spiro atoms. The third kappa shape index (κ3) is 3.76. The van der Waals surface area contributed by atoms with Crippen molar-refractivity contribution in [3.63, 3.8) is 0 Å². The van der Waals surface area contributed by atoms with Crippen LogP contribution in [0.2, 0.25) is 0 Å². The van der Waals surface area contributed by atoms with Gasteiger partial charge in [0.15, 0.2) is 6.23 Å². The van der Waals surface area contributed by atoms with Gasteiger partial charge in [0.25, 0.3) is 0 Å². The summed E-state index contributed by atoms with van der Waals surface area (Å²) in [5, 5.41) is 0. The topological polar surface area (TPSA) is 47.9 Å². The van der Waals surface area contributed by atoms with Crippen LogP contribution in [0.15, 0.2) is 4.99 Å². The molecule has 0 aromatic rings. The molecule has 0 N–H and O–H groups in total. The molecule has 5 atom stereocenters. The summed E-state index contributed by atoms with van der Waals surface area (Å²) in [6, 6.07) is 0. The van der Waals surface area contributed by atoms with Crippen LogP contribution in [-0.4, -0.2) is 36.2 Å². The number of carbonyl (C=O) groups excluding carboxylic acids is 1. The predicted molar refractivity (Wildman–Crippen MR) is 81.9 cm³/mol. The Hall–Kier alpha value is -0.550. The number of ether oxygens (including phenoxy) is 2. The number of esters is 1. The SMILES string of the molecule is C=NC1CSC(C(=O)O[C@@H]2C[C@H](C)CC[C@H]2C(C)C)O1. The molecule has 1 saturated carbocycles. The van der Waals surface area contributed by atoms with Crippen LogP contribution in [0.25, 0.3) is 0 Å². The van der Waals surface area contributed by atoms with E-state index >= 15 is 0 Å². The van der Waals surface area contributed by atoms with Gasteiger partial charge in [-0.2, -0.15) is 0 Å². The Kier molecular flexibility index (Phi) is 5.49. The highest BCUT2D eigenvalue weighted by molar-refractivity contribution is 8.00. The number of hydrogen-bond donors (Lipinski definition) is 0. The Balaban J connectivity index is 1.92. The smallest absolute Gasteiger partial charge is 0.346 e. The number of nitrogens with zero attached hydrogens (tertiary/aromatic N) is 1. The Morgan fingerprint density at radius 3 is 2.80 bits per heavy atom. The van der Waals surface area contributed by atoms with E-state index in [-0.39, 0.29) is 18.3 Å². The minimum absolute atomic E-state index is 0.0335. The Bertz CT molecular complexity index is 361. The molecule has 1 saturated heterocycles. The highest BCUT2D eigenvalue weighted by Gasteiger charge is 2.37. The lowest BCUT2D eigenvalue weighted by Gasteiger charge is -2.37. The van der Waals surface area contributed by atoms with Crippen molar-refractivity contribution in [3.05, 3.63) is 0 Å². The first-order chi connectivity index (χ1) is 9.51. The van der Waals surface area contributed by atoms with Crippen molar-refractivity contribution in [2.24, 2.45) is 22.7 Å². The van der Waals surface area contributed by atoms with Crippen molar-refractivity contribution >= 4 is 24.4 Å². The van der Waals surface area contributed by atoms with Crippen LogP contribution in [0.3, 0.4) is 0 Å². The lowest BCUT2D eigenvalue weighted by atomic mass is 9.75. The summed E-state index contributed by atoms with van der Waals surface area (Å²) in [6.07, 6.45) is 3.10. The molecule has 1 aliphatic carbocycles. The molecule has 2 aliphatic rings. The van der Waals surface area contributed by atoms with Crippen molar-refractivity contribution in [2.75, 3.05) is 5.75 Å². The molecule has 0 aromatic carbocycles. The van der Waals surface area contributed by atoms with Crippen LogP contribution in [0, 0.1) is 17.8 Å².